The van der Waals surface area contributed by atoms with Gasteiger partial charge in [0, 0.05) is 8.95 Å². The predicted molar refractivity (Wildman–Crippen MR) is 111 cm³/mol. The van der Waals surface area contributed by atoms with Gasteiger partial charge in [-0.05, 0) is 42.8 Å². The molecule has 26 heavy (non-hydrogen) atoms. The minimum absolute atomic E-state index is 0.369. The highest BCUT2D eigenvalue weighted by Gasteiger charge is 2.21. The first-order valence-corrected chi connectivity index (χ1v) is 10.9. The number of halogens is 2. The Bertz CT molecular complexity index is 929. The van der Waals surface area contributed by atoms with E-state index in [9.17, 15) is 13.2 Å². The van der Waals surface area contributed by atoms with Crippen LogP contribution in [0.5, 0.6) is 0 Å². The fourth-order valence-corrected chi connectivity index (χ4v) is 3.60. The van der Waals surface area contributed by atoms with Crippen molar-refractivity contribution in [1.82, 2.24) is 5.43 Å². The van der Waals surface area contributed by atoms with Crippen LogP contribution in [0.2, 0.25) is 0 Å². The summed E-state index contributed by atoms with van der Waals surface area (Å²) in [7, 11) is -3.63. The van der Waals surface area contributed by atoms with Crippen molar-refractivity contribution in [3.05, 3.63) is 63.0 Å². The Kier molecular flexibility index (Phi) is 6.96. The smallest absolute Gasteiger partial charge is 0.260 e. The summed E-state index contributed by atoms with van der Waals surface area (Å²) in [5, 5.41) is 4.04. The maximum absolute atomic E-state index is 12.2. The third-order valence-corrected chi connectivity index (χ3v) is 5.56. The Labute approximate surface area is 169 Å². The number of anilines is 1. The van der Waals surface area contributed by atoms with Gasteiger partial charge in [-0.2, -0.15) is 5.10 Å². The van der Waals surface area contributed by atoms with Crippen LogP contribution in [-0.2, 0) is 14.8 Å². The second-order valence-corrected chi connectivity index (χ2v) is 9.23. The van der Waals surface area contributed by atoms with Gasteiger partial charge in [0.2, 0.25) is 10.0 Å². The van der Waals surface area contributed by atoms with Crippen LogP contribution in [0.25, 0.3) is 0 Å². The number of sulfonamides is 1. The van der Waals surface area contributed by atoms with E-state index in [1.807, 2.05) is 24.3 Å². The molecular formula is C17H17Br2N3O3S. The summed E-state index contributed by atoms with van der Waals surface area (Å²) in [6.45, 7) is 1.39. The normalized spacial score (nSPS) is 11.9. The molecular weight excluding hydrogens is 486 g/mol. The molecule has 0 saturated carbocycles. The lowest BCUT2D eigenvalue weighted by Gasteiger charge is -2.21. The Morgan fingerprint density at radius 2 is 1.77 bits per heavy atom. The van der Waals surface area contributed by atoms with Crippen molar-refractivity contribution >= 4 is 59.2 Å². The third-order valence-electron chi connectivity index (χ3n) is 3.39. The molecule has 2 aromatic rings. The Balaban J connectivity index is 2.12. The van der Waals surface area contributed by atoms with Crippen molar-refractivity contribution in [3.8, 4) is 0 Å². The maximum atomic E-state index is 12.2. The molecule has 0 radical (unpaired) electrons. The van der Waals surface area contributed by atoms with E-state index in [-0.39, 0.29) is 6.54 Å². The van der Waals surface area contributed by atoms with Crippen molar-refractivity contribution in [2.45, 2.75) is 6.92 Å². The molecule has 1 amide bonds. The number of hydrogen-bond acceptors (Lipinski definition) is 4. The van der Waals surface area contributed by atoms with Crippen LogP contribution in [0.3, 0.4) is 0 Å². The van der Waals surface area contributed by atoms with Gasteiger partial charge in [-0.1, -0.05) is 50.1 Å². The zero-order chi connectivity index (χ0) is 19.3. The van der Waals surface area contributed by atoms with Crippen LogP contribution in [0, 0.1) is 0 Å². The molecule has 2 aromatic carbocycles. The minimum atomic E-state index is -3.63. The van der Waals surface area contributed by atoms with E-state index < -0.39 is 15.9 Å². The molecule has 0 heterocycles. The highest BCUT2D eigenvalue weighted by atomic mass is 79.9. The lowest BCUT2D eigenvalue weighted by Crippen LogP contribution is -2.39. The molecule has 0 aromatic heterocycles. The van der Waals surface area contributed by atoms with E-state index in [0.717, 1.165) is 20.6 Å². The molecule has 2 rings (SSSR count). The lowest BCUT2D eigenvalue weighted by molar-refractivity contribution is -0.119. The van der Waals surface area contributed by atoms with Crippen molar-refractivity contribution in [2.24, 2.45) is 5.10 Å². The second kappa shape index (κ2) is 8.79. The fraction of sp³-hybridized carbons (Fsp3) is 0.176. The van der Waals surface area contributed by atoms with Crippen molar-refractivity contribution in [1.29, 1.82) is 0 Å². The molecule has 0 fully saturated rings. The number of hydrogen-bond donors (Lipinski definition) is 1. The van der Waals surface area contributed by atoms with Gasteiger partial charge in [0.25, 0.3) is 5.91 Å². The summed E-state index contributed by atoms with van der Waals surface area (Å²) in [4.78, 5) is 12.2. The first kappa shape index (κ1) is 20.6. The van der Waals surface area contributed by atoms with Gasteiger partial charge in [0.1, 0.15) is 6.54 Å². The fourth-order valence-electron chi connectivity index (χ4n) is 2.10. The molecule has 0 aliphatic rings. The standard InChI is InChI=1S/C17H17Br2N3O3S/c1-12(13-6-8-14(18)9-7-13)20-21-17(23)11-22(26(2,24)25)16-5-3-4-15(19)10-16/h3-10H,11H2,1-2H3,(H,21,23)/b20-12-. The summed E-state index contributed by atoms with van der Waals surface area (Å²) in [5.74, 6) is -0.535. The number of carbonyl (C=O) groups is 1. The minimum Gasteiger partial charge on any atom is -0.271 e. The maximum Gasteiger partial charge on any atom is 0.260 e. The van der Waals surface area contributed by atoms with Crippen LogP contribution in [0.4, 0.5) is 5.69 Å². The Morgan fingerprint density at radius 3 is 2.35 bits per heavy atom. The summed E-state index contributed by atoms with van der Waals surface area (Å²) in [6, 6.07) is 14.2. The average Bonchev–Trinajstić information content (AvgIpc) is 2.57. The van der Waals surface area contributed by atoms with E-state index in [4.69, 9.17) is 0 Å². The topological polar surface area (TPSA) is 78.8 Å². The molecule has 0 bridgehead atoms. The molecule has 1 N–H and O–H groups in total. The average molecular weight is 503 g/mol. The monoisotopic (exact) mass is 501 g/mol. The van der Waals surface area contributed by atoms with Crippen molar-refractivity contribution in [2.75, 3.05) is 17.1 Å². The van der Waals surface area contributed by atoms with Gasteiger partial charge in [-0.15, -0.1) is 0 Å². The third kappa shape index (κ3) is 5.93. The second-order valence-electron chi connectivity index (χ2n) is 5.49. The summed E-state index contributed by atoms with van der Waals surface area (Å²) < 4.78 is 26.8. The van der Waals surface area contributed by atoms with Crippen LogP contribution in [0.15, 0.2) is 62.6 Å². The van der Waals surface area contributed by atoms with Crippen molar-refractivity contribution < 1.29 is 13.2 Å². The Morgan fingerprint density at radius 1 is 1.12 bits per heavy atom. The molecule has 0 saturated heterocycles. The van der Waals surface area contributed by atoms with Gasteiger partial charge in [-0.3, -0.25) is 9.10 Å². The van der Waals surface area contributed by atoms with E-state index in [2.05, 4.69) is 42.4 Å². The predicted octanol–water partition coefficient (Wildman–Crippen LogP) is 3.52. The van der Waals surface area contributed by atoms with Gasteiger partial charge in [-0.25, -0.2) is 13.8 Å². The molecule has 0 atom stereocenters. The number of carbonyl (C=O) groups excluding carboxylic acids is 1. The van der Waals surface area contributed by atoms with Crippen LogP contribution in [0.1, 0.15) is 12.5 Å². The SMILES string of the molecule is C/C(=N/NC(=O)CN(c1cccc(Br)c1)S(C)(=O)=O)c1ccc(Br)cc1. The number of nitrogens with one attached hydrogen (secondary N) is 1. The first-order valence-electron chi connectivity index (χ1n) is 7.49. The van der Waals surface area contributed by atoms with E-state index in [1.54, 1.807) is 31.2 Å². The number of hydrazone groups is 1. The Hall–Kier alpha value is -1.71. The molecule has 138 valence electrons. The first-order chi connectivity index (χ1) is 12.2. The highest BCUT2D eigenvalue weighted by molar-refractivity contribution is 9.10. The van der Waals surface area contributed by atoms with E-state index >= 15 is 0 Å². The molecule has 0 unspecified atom stereocenters. The van der Waals surface area contributed by atoms with Gasteiger partial charge in [0.15, 0.2) is 0 Å². The van der Waals surface area contributed by atoms with Gasteiger partial charge in [0.05, 0.1) is 17.7 Å². The number of rotatable bonds is 6. The van der Waals surface area contributed by atoms with E-state index in [1.165, 1.54) is 0 Å². The number of benzene rings is 2. The summed E-state index contributed by atoms with van der Waals surface area (Å²) >= 11 is 6.65. The molecule has 0 spiro atoms. The van der Waals surface area contributed by atoms with Crippen LogP contribution in [-0.4, -0.2) is 32.8 Å². The molecule has 0 aliphatic heterocycles. The molecule has 0 aliphatic carbocycles. The number of amides is 1. The highest BCUT2D eigenvalue weighted by Crippen LogP contribution is 2.21. The molecule has 9 heteroatoms. The lowest BCUT2D eigenvalue weighted by atomic mass is 10.1. The van der Waals surface area contributed by atoms with Gasteiger partial charge >= 0.3 is 0 Å². The quantitative estimate of drug-likeness (QED) is 0.484. The molecule has 6 nitrogen and oxygen atoms in total. The summed E-state index contributed by atoms with van der Waals surface area (Å²) in [5.41, 5.74) is 4.25. The number of nitrogens with zero attached hydrogens (tertiary/aromatic N) is 2. The van der Waals surface area contributed by atoms with Crippen LogP contribution < -0.4 is 9.73 Å². The largest absolute Gasteiger partial charge is 0.271 e. The van der Waals surface area contributed by atoms with Crippen molar-refractivity contribution in [3.63, 3.8) is 0 Å². The zero-order valence-electron chi connectivity index (χ0n) is 14.1. The van der Waals surface area contributed by atoms with Gasteiger partial charge < -0.3 is 0 Å². The van der Waals surface area contributed by atoms with E-state index in [0.29, 0.717) is 15.9 Å². The van der Waals surface area contributed by atoms with Crippen LogP contribution >= 0.6 is 31.9 Å². The summed E-state index contributed by atoms with van der Waals surface area (Å²) in [6.07, 6.45) is 1.05. The zero-order valence-corrected chi connectivity index (χ0v) is 18.1.